The average molecular weight is 308 g/mol. The Morgan fingerprint density at radius 3 is 2.94 bits per heavy atom. The third-order valence-corrected chi connectivity index (χ3v) is 3.41. The molecule has 0 amide bonds. The lowest BCUT2D eigenvalue weighted by Crippen LogP contribution is -2.18. The topological polar surface area (TPSA) is 42.2 Å². The van der Waals surface area contributed by atoms with Gasteiger partial charge in [0.15, 0.2) is 0 Å². The summed E-state index contributed by atoms with van der Waals surface area (Å²) in [7, 11) is 2.01. The van der Waals surface area contributed by atoms with Gasteiger partial charge in [0, 0.05) is 19.0 Å². The summed E-state index contributed by atoms with van der Waals surface area (Å²) in [6.07, 6.45) is 4.10. The van der Waals surface area contributed by atoms with Gasteiger partial charge in [-0.05, 0) is 40.9 Å². The summed E-state index contributed by atoms with van der Waals surface area (Å²) < 4.78 is 6.20. The maximum Gasteiger partial charge on any atom is 0.135 e. The Morgan fingerprint density at radius 1 is 1.44 bits per heavy atom. The molecular weight excluding hydrogens is 294 g/mol. The Balaban J connectivity index is 1.81. The van der Waals surface area contributed by atoms with Gasteiger partial charge in [0.1, 0.15) is 22.0 Å². The van der Waals surface area contributed by atoms with Gasteiger partial charge in [-0.3, -0.25) is 0 Å². The Hall–Kier alpha value is -1.36. The van der Waals surface area contributed by atoms with E-state index in [-0.39, 0.29) is 0 Å². The highest BCUT2D eigenvalue weighted by atomic mass is 79.9. The van der Waals surface area contributed by atoms with Crippen molar-refractivity contribution in [1.82, 2.24) is 9.97 Å². The molecule has 0 spiro atoms. The first kappa shape index (κ1) is 11.7. The summed E-state index contributed by atoms with van der Waals surface area (Å²) in [5, 5.41) is 0. The minimum Gasteiger partial charge on any atom is -0.467 e. The predicted octanol–water partition coefficient (Wildman–Crippen LogP) is 3.35. The van der Waals surface area contributed by atoms with Crippen molar-refractivity contribution >= 4 is 21.7 Å². The molecule has 1 saturated carbocycles. The fraction of sp³-hybridized carbons (Fsp3) is 0.385. The predicted molar refractivity (Wildman–Crippen MR) is 72.5 cm³/mol. The van der Waals surface area contributed by atoms with Crippen LogP contribution in [0.2, 0.25) is 0 Å². The monoisotopic (exact) mass is 307 g/mol. The van der Waals surface area contributed by atoms with E-state index < -0.39 is 0 Å². The second-order valence-corrected chi connectivity index (χ2v) is 5.43. The maximum atomic E-state index is 5.35. The first-order valence-corrected chi connectivity index (χ1v) is 6.79. The zero-order valence-electron chi connectivity index (χ0n) is 10.1. The lowest BCUT2D eigenvalue weighted by molar-refractivity contribution is 0.506. The van der Waals surface area contributed by atoms with Crippen molar-refractivity contribution in [2.75, 3.05) is 11.9 Å². The third-order valence-electron chi connectivity index (χ3n) is 3.01. The van der Waals surface area contributed by atoms with Crippen LogP contribution in [-0.2, 0) is 6.54 Å². The summed E-state index contributed by atoms with van der Waals surface area (Å²) in [4.78, 5) is 11.1. The van der Waals surface area contributed by atoms with Crippen molar-refractivity contribution < 1.29 is 4.42 Å². The summed E-state index contributed by atoms with van der Waals surface area (Å²) in [6.45, 7) is 0.709. The lowest BCUT2D eigenvalue weighted by atomic mass is 10.3. The second kappa shape index (κ2) is 4.72. The highest BCUT2D eigenvalue weighted by molar-refractivity contribution is 9.10. The normalized spacial score (nSPS) is 14.8. The molecule has 0 atom stereocenters. The van der Waals surface area contributed by atoms with Crippen molar-refractivity contribution in [1.29, 1.82) is 0 Å². The van der Waals surface area contributed by atoms with Crippen LogP contribution in [0.3, 0.4) is 0 Å². The van der Waals surface area contributed by atoms with Crippen LogP contribution in [0.5, 0.6) is 0 Å². The molecule has 18 heavy (non-hydrogen) atoms. The average Bonchev–Trinajstić information content (AvgIpc) is 3.08. The van der Waals surface area contributed by atoms with Gasteiger partial charge in [-0.25, -0.2) is 9.97 Å². The zero-order valence-corrected chi connectivity index (χ0v) is 11.7. The summed E-state index contributed by atoms with van der Waals surface area (Å²) in [5.41, 5.74) is 0. The lowest BCUT2D eigenvalue weighted by Gasteiger charge is -2.17. The number of hydrogen-bond donors (Lipinski definition) is 0. The largest absolute Gasteiger partial charge is 0.467 e. The van der Waals surface area contributed by atoms with E-state index in [0.717, 1.165) is 22.0 Å². The van der Waals surface area contributed by atoms with Gasteiger partial charge < -0.3 is 9.32 Å². The van der Waals surface area contributed by atoms with E-state index in [1.807, 2.05) is 25.2 Å². The molecule has 0 N–H and O–H groups in total. The van der Waals surface area contributed by atoms with Gasteiger partial charge in [-0.15, -0.1) is 0 Å². The zero-order chi connectivity index (χ0) is 12.5. The number of rotatable bonds is 4. The molecule has 4 nitrogen and oxygen atoms in total. The second-order valence-electron chi connectivity index (χ2n) is 4.62. The van der Waals surface area contributed by atoms with E-state index in [1.165, 1.54) is 12.8 Å². The van der Waals surface area contributed by atoms with E-state index in [2.05, 4.69) is 30.8 Å². The summed E-state index contributed by atoms with van der Waals surface area (Å²) in [6, 6.07) is 5.80. The van der Waals surface area contributed by atoms with Gasteiger partial charge >= 0.3 is 0 Å². The van der Waals surface area contributed by atoms with Crippen LogP contribution in [0.25, 0.3) is 0 Å². The molecule has 1 aliphatic rings. The van der Waals surface area contributed by atoms with Crippen LogP contribution in [-0.4, -0.2) is 17.0 Å². The van der Waals surface area contributed by atoms with Gasteiger partial charge in [0.2, 0.25) is 0 Å². The van der Waals surface area contributed by atoms with E-state index in [9.17, 15) is 0 Å². The fourth-order valence-corrected chi connectivity index (χ4v) is 2.25. The SMILES string of the molecule is CN(Cc1ccco1)c1cc(Br)nc(C2CC2)n1. The first-order valence-electron chi connectivity index (χ1n) is 6.00. The number of furan rings is 1. The number of nitrogens with zero attached hydrogens (tertiary/aromatic N) is 3. The highest BCUT2D eigenvalue weighted by Gasteiger charge is 2.27. The van der Waals surface area contributed by atoms with E-state index in [1.54, 1.807) is 6.26 Å². The van der Waals surface area contributed by atoms with Crippen LogP contribution >= 0.6 is 15.9 Å². The Kier molecular flexibility index (Phi) is 3.07. The minimum atomic E-state index is 0.554. The number of aromatic nitrogens is 2. The molecule has 94 valence electrons. The molecule has 0 aliphatic heterocycles. The molecule has 1 fully saturated rings. The van der Waals surface area contributed by atoms with Crippen molar-refractivity contribution in [2.45, 2.75) is 25.3 Å². The quantitative estimate of drug-likeness (QED) is 0.812. The summed E-state index contributed by atoms with van der Waals surface area (Å²) in [5.74, 6) is 3.36. The van der Waals surface area contributed by atoms with E-state index in [0.29, 0.717) is 12.5 Å². The molecule has 0 saturated heterocycles. The Labute approximate surface area is 114 Å². The first-order chi connectivity index (χ1) is 8.72. The van der Waals surface area contributed by atoms with Crippen LogP contribution in [0.15, 0.2) is 33.5 Å². The van der Waals surface area contributed by atoms with Gasteiger partial charge in [0.05, 0.1) is 12.8 Å². The number of halogens is 1. The summed E-state index contributed by atoms with van der Waals surface area (Å²) >= 11 is 3.45. The van der Waals surface area contributed by atoms with Crippen molar-refractivity contribution in [3.05, 3.63) is 40.7 Å². The van der Waals surface area contributed by atoms with Crippen molar-refractivity contribution in [3.63, 3.8) is 0 Å². The molecular formula is C13H14BrN3O. The molecule has 5 heteroatoms. The van der Waals surface area contributed by atoms with E-state index in [4.69, 9.17) is 4.42 Å². The van der Waals surface area contributed by atoms with Crippen LogP contribution in [0.4, 0.5) is 5.82 Å². The fourth-order valence-electron chi connectivity index (χ4n) is 1.86. The Morgan fingerprint density at radius 2 is 2.28 bits per heavy atom. The van der Waals surface area contributed by atoms with Crippen LogP contribution in [0, 0.1) is 0 Å². The molecule has 0 bridgehead atoms. The molecule has 2 aromatic rings. The van der Waals surface area contributed by atoms with Gasteiger partial charge in [-0.1, -0.05) is 0 Å². The number of hydrogen-bond acceptors (Lipinski definition) is 4. The Bertz CT molecular complexity index is 537. The highest BCUT2D eigenvalue weighted by Crippen LogP contribution is 2.39. The molecule has 1 aliphatic carbocycles. The molecule has 2 heterocycles. The van der Waals surface area contributed by atoms with Gasteiger partial charge in [0.25, 0.3) is 0 Å². The maximum absolute atomic E-state index is 5.35. The van der Waals surface area contributed by atoms with Crippen LogP contribution in [0.1, 0.15) is 30.3 Å². The van der Waals surface area contributed by atoms with Gasteiger partial charge in [-0.2, -0.15) is 0 Å². The molecule has 0 aromatic carbocycles. The smallest absolute Gasteiger partial charge is 0.135 e. The van der Waals surface area contributed by atoms with Crippen molar-refractivity contribution in [2.24, 2.45) is 0 Å². The molecule has 0 radical (unpaired) electrons. The molecule has 2 aromatic heterocycles. The molecule has 3 rings (SSSR count). The minimum absolute atomic E-state index is 0.554. The third kappa shape index (κ3) is 2.56. The molecule has 0 unspecified atom stereocenters. The van der Waals surface area contributed by atoms with Crippen molar-refractivity contribution in [3.8, 4) is 0 Å². The van der Waals surface area contributed by atoms with E-state index >= 15 is 0 Å². The number of anilines is 1. The standard InChI is InChI=1S/C13H14BrN3O/c1-17(8-10-3-2-6-18-10)12-7-11(14)15-13(16-12)9-4-5-9/h2-3,6-7,9H,4-5,8H2,1H3. The van der Waals surface area contributed by atoms with Crippen LogP contribution < -0.4 is 4.90 Å².